The van der Waals surface area contributed by atoms with Crippen LogP contribution in [0, 0.1) is 6.92 Å². The van der Waals surface area contributed by atoms with Crippen LogP contribution >= 0.6 is 11.3 Å². The lowest BCUT2D eigenvalue weighted by atomic mass is 10.1. The molecule has 0 spiro atoms. The number of nitrogens with zero attached hydrogens (tertiary/aromatic N) is 2. The smallest absolute Gasteiger partial charge is 0.238 e. The number of rotatable bonds is 14. The van der Waals surface area contributed by atoms with Crippen LogP contribution in [-0.4, -0.2) is 57.4 Å². The Morgan fingerprint density at radius 2 is 1.73 bits per heavy atom. The molecule has 0 aliphatic heterocycles. The number of sulfonamides is 1. The van der Waals surface area contributed by atoms with Gasteiger partial charge in [-0.1, -0.05) is 42.5 Å². The first kappa shape index (κ1) is 28.4. The van der Waals surface area contributed by atoms with Crippen molar-refractivity contribution in [1.82, 2.24) is 9.21 Å². The summed E-state index contributed by atoms with van der Waals surface area (Å²) in [7, 11) is -0.563. The van der Waals surface area contributed by atoms with Crippen molar-refractivity contribution in [1.29, 1.82) is 0 Å². The fourth-order valence-corrected chi connectivity index (χ4v) is 6.24. The van der Waals surface area contributed by atoms with Gasteiger partial charge in [0.1, 0.15) is 0 Å². The van der Waals surface area contributed by atoms with E-state index in [0.29, 0.717) is 36.6 Å². The highest BCUT2D eigenvalue weighted by Gasteiger charge is 2.26. The third kappa shape index (κ3) is 8.18. The molecule has 9 heteroatoms. The Bertz CT molecular complexity index is 1290. The molecule has 0 N–H and O–H groups in total. The zero-order chi connectivity index (χ0) is 26.8. The van der Waals surface area contributed by atoms with Crippen molar-refractivity contribution >= 4 is 27.3 Å². The maximum absolute atomic E-state index is 13.5. The van der Waals surface area contributed by atoms with Crippen molar-refractivity contribution in [2.75, 3.05) is 33.9 Å². The summed E-state index contributed by atoms with van der Waals surface area (Å²) in [4.78, 5) is 17.4. The molecule has 0 aliphatic rings. The maximum Gasteiger partial charge on any atom is 0.238 e. The molecule has 3 aromatic rings. The summed E-state index contributed by atoms with van der Waals surface area (Å²) in [6.07, 6.45) is 2.08. The van der Waals surface area contributed by atoms with Crippen molar-refractivity contribution < 1.29 is 22.7 Å². The van der Waals surface area contributed by atoms with Crippen LogP contribution in [0.5, 0.6) is 11.5 Å². The van der Waals surface area contributed by atoms with E-state index in [1.807, 2.05) is 43.3 Å². The van der Waals surface area contributed by atoms with Gasteiger partial charge in [-0.15, -0.1) is 17.9 Å². The van der Waals surface area contributed by atoms with Gasteiger partial charge in [0.2, 0.25) is 15.9 Å². The van der Waals surface area contributed by atoms with Gasteiger partial charge in [0.25, 0.3) is 0 Å². The molecule has 1 heterocycles. The minimum Gasteiger partial charge on any atom is -0.493 e. The monoisotopic (exact) mass is 542 g/mol. The lowest BCUT2D eigenvalue weighted by molar-refractivity contribution is -0.131. The number of amides is 1. The van der Waals surface area contributed by atoms with E-state index in [-0.39, 0.29) is 24.7 Å². The Hall–Kier alpha value is -3.14. The van der Waals surface area contributed by atoms with Crippen LogP contribution in [0.1, 0.15) is 20.9 Å². The molecule has 37 heavy (non-hydrogen) atoms. The first-order chi connectivity index (χ1) is 17.7. The summed E-state index contributed by atoms with van der Waals surface area (Å²) in [5.41, 5.74) is 1.65. The van der Waals surface area contributed by atoms with Crippen LogP contribution < -0.4 is 9.47 Å². The van der Waals surface area contributed by atoms with Gasteiger partial charge in [-0.25, -0.2) is 8.42 Å². The summed E-state index contributed by atoms with van der Waals surface area (Å²) < 4.78 is 38.3. The number of aryl methyl sites for hydroxylation is 1. The van der Waals surface area contributed by atoms with E-state index in [4.69, 9.17) is 9.47 Å². The Morgan fingerprint density at radius 3 is 2.35 bits per heavy atom. The molecule has 1 aromatic heterocycles. The van der Waals surface area contributed by atoms with Gasteiger partial charge >= 0.3 is 0 Å². The van der Waals surface area contributed by atoms with Crippen LogP contribution in [0.2, 0.25) is 0 Å². The quantitative estimate of drug-likeness (QED) is 0.277. The zero-order valence-corrected chi connectivity index (χ0v) is 23.2. The highest BCUT2D eigenvalue weighted by molar-refractivity contribution is 7.88. The minimum atomic E-state index is -3.73. The van der Waals surface area contributed by atoms with E-state index in [0.717, 1.165) is 15.3 Å². The lowest BCUT2D eigenvalue weighted by Gasteiger charge is -2.27. The fourth-order valence-electron chi connectivity index (χ4n) is 3.90. The molecule has 2 aromatic carbocycles. The molecule has 1 amide bonds. The first-order valence-corrected chi connectivity index (χ1v) is 14.3. The molecule has 0 aliphatic carbocycles. The number of thiophene rings is 1. The second kappa shape index (κ2) is 13.4. The minimum absolute atomic E-state index is 0.0581. The number of carbonyl (C=O) groups is 1. The molecule has 0 saturated carbocycles. The van der Waals surface area contributed by atoms with E-state index < -0.39 is 10.0 Å². The molecular weight excluding hydrogens is 508 g/mol. The van der Waals surface area contributed by atoms with Crippen LogP contribution in [0.4, 0.5) is 0 Å². The number of ether oxygens (including phenoxy) is 2. The topological polar surface area (TPSA) is 76.2 Å². The number of methoxy groups -OCH3 is 2. The van der Waals surface area contributed by atoms with Crippen LogP contribution in [0.25, 0.3) is 0 Å². The Kier molecular flexibility index (Phi) is 10.3. The van der Waals surface area contributed by atoms with Crippen LogP contribution in [0.15, 0.2) is 73.3 Å². The van der Waals surface area contributed by atoms with Crippen molar-refractivity contribution in [3.8, 4) is 11.5 Å². The van der Waals surface area contributed by atoms with E-state index >= 15 is 0 Å². The summed E-state index contributed by atoms with van der Waals surface area (Å²) in [6, 6.07) is 18.7. The summed E-state index contributed by atoms with van der Waals surface area (Å²) in [6.45, 7) is 6.35. The first-order valence-electron chi connectivity index (χ1n) is 11.9. The number of hydrogen-bond donors (Lipinski definition) is 0. The predicted molar refractivity (Wildman–Crippen MR) is 149 cm³/mol. The highest BCUT2D eigenvalue weighted by atomic mass is 32.2. The van der Waals surface area contributed by atoms with E-state index in [1.54, 1.807) is 54.7 Å². The van der Waals surface area contributed by atoms with Gasteiger partial charge in [-0.2, -0.15) is 4.31 Å². The van der Waals surface area contributed by atoms with Gasteiger partial charge in [-0.3, -0.25) is 4.79 Å². The largest absolute Gasteiger partial charge is 0.493 e. The van der Waals surface area contributed by atoms with E-state index in [2.05, 4.69) is 6.58 Å². The third-order valence-corrected chi connectivity index (χ3v) is 8.59. The lowest BCUT2D eigenvalue weighted by Crippen LogP contribution is -2.43. The average Bonchev–Trinajstić information content (AvgIpc) is 3.30. The number of benzene rings is 2. The Balaban J connectivity index is 1.79. The average molecular weight is 543 g/mol. The predicted octanol–water partition coefficient (Wildman–Crippen LogP) is 4.66. The molecule has 0 atom stereocenters. The molecule has 3 rings (SSSR count). The third-order valence-electron chi connectivity index (χ3n) is 5.84. The van der Waals surface area contributed by atoms with Crippen LogP contribution in [0.3, 0.4) is 0 Å². The molecule has 198 valence electrons. The van der Waals surface area contributed by atoms with Crippen LogP contribution in [-0.2, 0) is 33.5 Å². The van der Waals surface area contributed by atoms with E-state index in [1.165, 1.54) is 10.4 Å². The van der Waals surface area contributed by atoms with Crippen molar-refractivity contribution in [2.24, 2.45) is 0 Å². The van der Waals surface area contributed by atoms with Crippen molar-refractivity contribution in [2.45, 2.75) is 25.6 Å². The van der Waals surface area contributed by atoms with E-state index in [9.17, 15) is 13.2 Å². The Morgan fingerprint density at radius 1 is 1.00 bits per heavy atom. The molecule has 0 unspecified atom stereocenters. The van der Waals surface area contributed by atoms with Gasteiger partial charge < -0.3 is 14.4 Å². The molecule has 0 saturated heterocycles. The van der Waals surface area contributed by atoms with Gasteiger partial charge in [0.15, 0.2) is 11.5 Å². The second-order valence-corrected chi connectivity index (χ2v) is 11.9. The highest BCUT2D eigenvalue weighted by Crippen LogP contribution is 2.28. The summed E-state index contributed by atoms with van der Waals surface area (Å²) >= 11 is 1.62. The maximum atomic E-state index is 13.5. The molecule has 0 bridgehead atoms. The zero-order valence-electron chi connectivity index (χ0n) is 21.6. The molecule has 0 fully saturated rings. The fraction of sp³-hybridized carbons (Fsp3) is 0.321. The SMILES string of the molecule is C=CCN(CC(=O)N(CCc1ccc(OC)c(OC)c1)Cc1ccc(C)s1)S(=O)(=O)Cc1ccccc1. The molecule has 7 nitrogen and oxygen atoms in total. The summed E-state index contributed by atoms with van der Waals surface area (Å²) in [5.74, 6) is 0.822. The normalized spacial score (nSPS) is 11.4. The molecular formula is C28H34N2O5S2. The number of carbonyl (C=O) groups excluding carboxylic acids is 1. The van der Waals surface area contributed by atoms with Gasteiger partial charge in [0.05, 0.1) is 33.1 Å². The number of hydrogen-bond acceptors (Lipinski definition) is 6. The second-order valence-electron chi connectivity index (χ2n) is 8.59. The summed E-state index contributed by atoms with van der Waals surface area (Å²) in [5, 5.41) is 0. The van der Waals surface area contributed by atoms with Gasteiger partial charge in [-0.05, 0) is 48.7 Å². The Labute approximate surface area is 224 Å². The standard InChI is InChI=1S/C28H34N2O5S2/c1-5-16-30(37(32,33)21-24-9-7-6-8-10-24)20-28(31)29(19-25-13-11-22(2)36-25)17-15-23-12-14-26(34-3)27(18-23)35-4/h5-14,18H,1,15-17,19-21H2,2-4H3. The molecule has 0 radical (unpaired) electrons. The van der Waals surface area contributed by atoms with Gasteiger partial charge in [0, 0.05) is 22.8 Å². The van der Waals surface area contributed by atoms with Crippen molar-refractivity contribution in [3.63, 3.8) is 0 Å². The van der Waals surface area contributed by atoms with Crippen molar-refractivity contribution in [3.05, 3.63) is 94.2 Å².